The first-order chi connectivity index (χ1) is 16.0. The van der Waals surface area contributed by atoms with Crippen LogP contribution in [0, 0.1) is 11.8 Å². The summed E-state index contributed by atoms with van der Waals surface area (Å²) < 4.78 is 6.15. The largest absolute Gasteiger partial charge is 0.489 e. The third-order valence-electron chi connectivity index (χ3n) is 7.30. The number of amides is 2. The summed E-state index contributed by atoms with van der Waals surface area (Å²) in [6.45, 7) is 7.08. The topological polar surface area (TPSA) is 61.9 Å². The van der Waals surface area contributed by atoms with E-state index in [1.807, 2.05) is 36.9 Å². The van der Waals surface area contributed by atoms with Crippen LogP contribution in [-0.4, -0.2) is 59.9 Å². The van der Waals surface area contributed by atoms with Crippen molar-refractivity contribution in [2.45, 2.75) is 71.0 Å². The maximum Gasteiger partial charge on any atom is 0.236 e. The van der Waals surface area contributed by atoms with Crippen molar-refractivity contribution in [2.24, 2.45) is 11.8 Å². The average molecular weight is 454 g/mol. The molecule has 1 N–H and O–H groups in total. The molecular formula is C27H39N3O3. The van der Waals surface area contributed by atoms with E-state index in [0.717, 1.165) is 43.7 Å². The molecule has 0 spiro atoms. The molecule has 6 heteroatoms. The zero-order chi connectivity index (χ0) is 23.2. The molecule has 3 aliphatic rings. The standard InChI is InChI=1S/C27H39N3O3/c1-20(2)28-26(31)16-21-13-14-29-17-22(21)9-7-15-33-25-12-6-3-8-23(25)18-30(19-27(29)32)24-10-4-5-11-24/h3,6-9,12,20-22,24H,4-5,10-11,13-19H2,1-2H3,(H,28,31)/b9-7+/t21-,22-/m0/s1. The molecule has 0 unspecified atom stereocenters. The molecule has 1 aromatic rings. The highest BCUT2D eigenvalue weighted by molar-refractivity contribution is 5.79. The molecule has 2 amide bonds. The van der Waals surface area contributed by atoms with E-state index in [4.69, 9.17) is 4.74 Å². The van der Waals surface area contributed by atoms with Gasteiger partial charge in [-0.1, -0.05) is 43.2 Å². The molecule has 0 radical (unpaired) electrons. The van der Waals surface area contributed by atoms with Gasteiger partial charge >= 0.3 is 0 Å². The third kappa shape index (κ3) is 6.38. The van der Waals surface area contributed by atoms with Crippen molar-refractivity contribution >= 4 is 11.8 Å². The number of benzene rings is 1. The summed E-state index contributed by atoms with van der Waals surface area (Å²) in [7, 11) is 0. The van der Waals surface area contributed by atoms with Gasteiger partial charge in [-0.3, -0.25) is 14.5 Å². The van der Waals surface area contributed by atoms with Gasteiger partial charge in [-0.15, -0.1) is 0 Å². The first-order valence-electron chi connectivity index (χ1n) is 12.7. The predicted molar refractivity (Wildman–Crippen MR) is 130 cm³/mol. The molecule has 0 aromatic heterocycles. The number of carbonyl (C=O) groups excluding carboxylic acids is 2. The van der Waals surface area contributed by atoms with E-state index in [-0.39, 0.29) is 29.7 Å². The highest BCUT2D eigenvalue weighted by Crippen LogP contribution is 2.31. The van der Waals surface area contributed by atoms with Gasteiger partial charge in [-0.05, 0) is 51.0 Å². The van der Waals surface area contributed by atoms with Gasteiger partial charge in [-0.2, -0.15) is 0 Å². The van der Waals surface area contributed by atoms with E-state index >= 15 is 0 Å². The van der Waals surface area contributed by atoms with Gasteiger partial charge in [0, 0.05) is 43.7 Å². The quantitative estimate of drug-likeness (QED) is 0.705. The SMILES string of the molecule is CC(C)NC(=O)C[C@@H]1CCN2C[C@@H]1/C=C/COc1ccccc1CN(C1CCCC1)CC2=O. The molecule has 1 aliphatic carbocycles. The molecular weight excluding hydrogens is 414 g/mol. The Balaban J connectivity index is 1.55. The molecule has 1 saturated carbocycles. The molecule has 2 aliphatic heterocycles. The Bertz CT molecular complexity index is 847. The van der Waals surface area contributed by atoms with Gasteiger partial charge < -0.3 is 15.0 Å². The van der Waals surface area contributed by atoms with E-state index in [9.17, 15) is 9.59 Å². The zero-order valence-corrected chi connectivity index (χ0v) is 20.2. The van der Waals surface area contributed by atoms with Crippen LogP contribution in [0.4, 0.5) is 0 Å². The lowest BCUT2D eigenvalue weighted by Gasteiger charge is -2.39. The van der Waals surface area contributed by atoms with Crippen LogP contribution >= 0.6 is 0 Å². The lowest BCUT2D eigenvalue weighted by atomic mass is 9.82. The maximum atomic E-state index is 13.4. The van der Waals surface area contributed by atoms with Crippen molar-refractivity contribution in [2.75, 3.05) is 26.2 Å². The van der Waals surface area contributed by atoms with E-state index in [1.165, 1.54) is 12.8 Å². The van der Waals surface area contributed by atoms with Gasteiger partial charge in [-0.25, -0.2) is 0 Å². The first kappa shape index (κ1) is 23.8. The number of para-hydroxylation sites is 1. The minimum absolute atomic E-state index is 0.101. The summed E-state index contributed by atoms with van der Waals surface area (Å²) in [6, 6.07) is 8.80. The summed E-state index contributed by atoms with van der Waals surface area (Å²) in [6.07, 6.45) is 10.4. The summed E-state index contributed by atoms with van der Waals surface area (Å²) in [4.78, 5) is 30.3. The van der Waals surface area contributed by atoms with E-state index < -0.39 is 0 Å². The Morgan fingerprint density at radius 1 is 1.15 bits per heavy atom. The number of rotatable bonds is 4. The molecule has 6 nitrogen and oxygen atoms in total. The molecule has 1 aromatic carbocycles. The number of hydrogen-bond donors (Lipinski definition) is 1. The molecule has 2 heterocycles. The minimum Gasteiger partial charge on any atom is -0.489 e. The lowest BCUT2D eigenvalue weighted by molar-refractivity contribution is -0.135. The number of fused-ring (bicyclic) bond motifs is 3. The summed E-state index contributed by atoms with van der Waals surface area (Å²) in [5.74, 6) is 1.62. The van der Waals surface area contributed by atoms with Crippen molar-refractivity contribution in [3.8, 4) is 5.75 Å². The van der Waals surface area contributed by atoms with Crippen LogP contribution in [0.1, 0.15) is 57.9 Å². The molecule has 2 fully saturated rings. The fourth-order valence-electron chi connectivity index (χ4n) is 5.57. The fraction of sp³-hybridized carbons (Fsp3) is 0.630. The van der Waals surface area contributed by atoms with Gasteiger partial charge in [0.25, 0.3) is 0 Å². The Morgan fingerprint density at radius 2 is 1.94 bits per heavy atom. The first-order valence-corrected chi connectivity index (χ1v) is 12.7. The minimum atomic E-state index is 0.101. The highest BCUT2D eigenvalue weighted by Gasteiger charge is 2.33. The fourth-order valence-corrected chi connectivity index (χ4v) is 5.57. The third-order valence-corrected chi connectivity index (χ3v) is 7.30. The van der Waals surface area contributed by atoms with Crippen LogP contribution in [0.15, 0.2) is 36.4 Å². The number of carbonyl (C=O) groups is 2. The monoisotopic (exact) mass is 453 g/mol. The van der Waals surface area contributed by atoms with Gasteiger partial charge in [0.05, 0.1) is 6.54 Å². The van der Waals surface area contributed by atoms with Crippen molar-refractivity contribution in [3.63, 3.8) is 0 Å². The van der Waals surface area contributed by atoms with Crippen molar-refractivity contribution in [1.82, 2.24) is 15.1 Å². The van der Waals surface area contributed by atoms with Crippen LogP contribution in [-0.2, 0) is 16.1 Å². The van der Waals surface area contributed by atoms with Crippen molar-refractivity contribution in [3.05, 3.63) is 42.0 Å². The normalized spacial score (nSPS) is 26.0. The molecule has 2 atom stereocenters. The van der Waals surface area contributed by atoms with Crippen LogP contribution < -0.4 is 10.1 Å². The van der Waals surface area contributed by atoms with Gasteiger partial charge in [0.2, 0.25) is 11.8 Å². The van der Waals surface area contributed by atoms with Crippen LogP contribution in [0.5, 0.6) is 5.75 Å². The zero-order valence-electron chi connectivity index (χ0n) is 20.2. The van der Waals surface area contributed by atoms with Crippen molar-refractivity contribution < 1.29 is 14.3 Å². The second-order valence-electron chi connectivity index (χ2n) is 10.2. The molecule has 4 rings (SSSR count). The Labute approximate surface area is 198 Å². The smallest absolute Gasteiger partial charge is 0.236 e. The maximum absolute atomic E-state index is 13.4. The average Bonchev–Trinajstić information content (AvgIpc) is 3.32. The van der Waals surface area contributed by atoms with E-state index in [2.05, 4.69) is 28.4 Å². The summed E-state index contributed by atoms with van der Waals surface area (Å²) in [5, 5.41) is 3.02. The van der Waals surface area contributed by atoms with E-state index in [0.29, 0.717) is 32.2 Å². The molecule has 33 heavy (non-hydrogen) atoms. The lowest BCUT2D eigenvalue weighted by Crippen LogP contribution is -2.49. The number of nitrogens with zero attached hydrogens (tertiary/aromatic N) is 2. The second-order valence-corrected chi connectivity index (χ2v) is 10.2. The van der Waals surface area contributed by atoms with Crippen LogP contribution in [0.2, 0.25) is 0 Å². The molecule has 1 saturated heterocycles. The Hall–Kier alpha value is -2.34. The molecule has 180 valence electrons. The van der Waals surface area contributed by atoms with Crippen LogP contribution in [0.25, 0.3) is 0 Å². The van der Waals surface area contributed by atoms with Gasteiger partial charge in [0.15, 0.2) is 0 Å². The number of hydrogen-bond acceptors (Lipinski definition) is 4. The molecule has 2 bridgehead atoms. The van der Waals surface area contributed by atoms with Gasteiger partial charge in [0.1, 0.15) is 12.4 Å². The van der Waals surface area contributed by atoms with E-state index in [1.54, 1.807) is 0 Å². The number of ether oxygens (including phenoxy) is 1. The summed E-state index contributed by atoms with van der Waals surface area (Å²) in [5.41, 5.74) is 1.14. The Kier molecular flexibility index (Phi) is 8.07. The number of nitrogens with one attached hydrogen (secondary N) is 1. The summed E-state index contributed by atoms with van der Waals surface area (Å²) >= 11 is 0. The highest BCUT2D eigenvalue weighted by atomic mass is 16.5. The van der Waals surface area contributed by atoms with Crippen LogP contribution in [0.3, 0.4) is 0 Å². The predicted octanol–water partition coefficient (Wildman–Crippen LogP) is 3.76. The van der Waals surface area contributed by atoms with Crippen molar-refractivity contribution in [1.29, 1.82) is 0 Å². The Morgan fingerprint density at radius 3 is 2.73 bits per heavy atom. The number of piperidine rings is 1. The second kappa shape index (κ2) is 11.2.